The van der Waals surface area contributed by atoms with Crippen LogP contribution >= 0.6 is 0 Å². The Balaban J connectivity index is 1.69. The molecule has 7 heteroatoms. The third kappa shape index (κ3) is 4.40. The van der Waals surface area contributed by atoms with Gasteiger partial charge in [0.1, 0.15) is 11.8 Å². The third-order valence-electron chi connectivity index (χ3n) is 5.78. The minimum atomic E-state index is -3.91. The number of sulfonamides is 1. The molecule has 3 aromatic rings. The number of nitrogens with zero attached hydrogens (tertiary/aromatic N) is 1. The molecule has 1 amide bonds. The molecule has 0 unspecified atom stereocenters. The Labute approximate surface area is 188 Å². The zero-order valence-electron chi connectivity index (χ0n) is 18.1. The highest BCUT2D eigenvalue weighted by Crippen LogP contribution is 2.30. The van der Waals surface area contributed by atoms with Gasteiger partial charge in [-0.1, -0.05) is 43.3 Å². The predicted molar refractivity (Wildman–Crippen MR) is 124 cm³/mol. The van der Waals surface area contributed by atoms with E-state index in [4.69, 9.17) is 4.74 Å². The van der Waals surface area contributed by atoms with E-state index in [9.17, 15) is 13.2 Å². The lowest BCUT2D eigenvalue weighted by molar-refractivity contribution is -0.120. The van der Waals surface area contributed by atoms with Gasteiger partial charge >= 0.3 is 0 Å². The molecule has 0 aromatic heterocycles. The Morgan fingerprint density at radius 1 is 1.03 bits per heavy atom. The van der Waals surface area contributed by atoms with Crippen LogP contribution in [0.3, 0.4) is 0 Å². The summed E-state index contributed by atoms with van der Waals surface area (Å²) in [6.07, 6.45) is 1.16. The molecule has 0 bridgehead atoms. The molecular weight excluding hydrogens is 424 g/mol. The van der Waals surface area contributed by atoms with Gasteiger partial charge in [-0.25, -0.2) is 8.42 Å². The van der Waals surface area contributed by atoms with Gasteiger partial charge in [0.05, 0.1) is 12.0 Å². The SMILES string of the molecule is CCc1cccc(NC(=O)[C@@H]2Cc3ccccc3CN2S(=O)(=O)c2ccc(OC)cc2)c1. The van der Waals surface area contributed by atoms with Gasteiger partial charge in [-0.3, -0.25) is 4.79 Å². The Bertz CT molecular complexity index is 1220. The van der Waals surface area contributed by atoms with Crippen molar-refractivity contribution < 1.29 is 17.9 Å². The van der Waals surface area contributed by atoms with Gasteiger partial charge in [-0.15, -0.1) is 0 Å². The summed E-state index contributed by atoms with van der Waals surface area (Å²) in [6, 6.07) is 20.6. The van der Waals surface area contributed by atoms with E-state index in [2.05, 4.69) is 5.32 Å². The number of amides is 1. The maximum absolute atomic E-state index is 13.6. The summed E-state index contributed by atoms with van der Waals surface area (Å²) in [6.45, 7) is 2.18. The lowest BCUT2D eigenvalue weighted by Crippen LogP contribution is -2.50. The number of fused-ring (bicyclic) bond motifs is 1. The van der Waals surface area contributed by atoms with Crippen LogP contribution in [0.25, 0.3) is 0 Å². The number of nitrogens with one attached hydrogen (secondary N) is 1. The van der Waals surface area contributed by atoms with Gasteiger partial charge in [-0.05, 0) is 65.9 Å². The number of rotatable bonds is 6. The summed E-state index contributed by atoms with van der Waals surface area (Å²) >= 11 is 0. The number of carbonyl (C=O) groups excluding carboxylic acids is 1. The van der Waals surface area contributed by atoms with Gasteiger partial charge in [0.25, 0.3) is 0 Å². The van der Waals surface area contributed by atoms with E-state index < -0.39 is 16.1 Å². The van der Waals surface area contributed by atoms with Crippen LogP contribution in [0.2, 0.25) is 0 Å². The second-order valence-corrected chi connectivity index (χ2v) is 9.65. The summed E-state index contributed by atoms with van der Waals surface area (Å²) in [4.78, 5) is 13.5. The first kappa shape index (κ1) is 22.0. The molecule has 4 rings (SSSR count). The number of ether oxygens (including phenoxy) is 1. The molecule has 1 atom stereocenters. The average molecular weight is 451 g/mol. The van der Waals surface area contributed by atoms with Crippen molar-refractivity contribution in [2.24, 2.45) is 0 Å². The van der Waals surface area contributed by atoms with E-state index in [-0.39, 0.29) is 17.3 Å². The maximum Gasteiger partial charge on any atom is 0.244 e. The molecule has 166 valence electrons. The van der Waals surface area contributed by atoms with E-state index in [0.29, 0.717) is 17.9 Å². The van der Waals surface area contributed by atoms with Crippen LogP contribution in [-0.2, 0) is 34.2 Å². The lowest BCUT2D eigenvalue weighted by Gasteiger charge is -2.35. The maximum atomic E-state index is 13.6. The van der Waals surface area contributed by atoms with Crippen molar-refractivity contribution in [1.29, 1.82) is 0 Å². The molecule has 0 radical (unpaired) electrons. The highest BCUT2D eigenvalue weighted by molar-refractivity contribution is 7.89. The first-order valence-electron chi connectivity index (χ1n) is 10.5. The van der Waals surface area contributed by atoms with Crippen LogP contribution in [0, 0.1) is 0 Å². The van der Waals surface area contributed by atoms with Gasteiger partial charge in [0.15, 0.2) is 0 Å². The molecule has 6 nitrogen and oxygen atoms in total. The van der Waals surface area contributed by atoms with E-state index in [1.165, 1.54) is 23.5 Å². The molecule has 1 heterocycles. The molecule has 0 aliphatic carbocycles. The molecule has 3 aromatic carbocycles. The molecule has 32 heavy (non-hydrogen) atoms. The quantitative estimate of drug-likeness (QED) is 0.616. The van der Waals surface area contributed by atoms with E-state index in [0.717, 1.165) is 23.1 Å². The molecule has 1 N–H and O–H groups in total. The molecule has 1 aliphatic rings. The fourth-order valence-corrected chi connectivity index (χ4v) is 5.52. The summed E-state index contributed by atoms with van der Waals surface area (Å²) < 4.78 is 33.6. The van der Waals surface area contributed by atoms with Crippen molar-refractivity contribution in [3.05, 3.63) is 89.5 Å². The molecule has 0 fully saturated rings. The van der Waals surface area contributed by atoms with Crippen LogP contribution in [0.15, 0.2) is 77.7 Å². The second kappa shape index (κ2) is 9.14. The van der Waals surface area contributed by atoms with Crippen molar-refractivity contribution in [3.63, 3.8) is 0 Å². The Morgan fingerprint density at radius 2 is 1.75 bits per heavy atom. The molecule has 0 saturated heterocycles. The first-order valence-corrected chi connectivity index (χ1v) is 12.0. The fourth-order valence-electron chi connectivity index (χ4n) is 3.95. The van der Waals surface area contributed by atoms with Crippen LogP contribution < -0.4 is 10.1 Å². The fraction of sp³-hybridized carbons (Fsp3) is 0.240. The third-order valence-corrected chi connectivity index (χ3v) is 7.65. The average Bonchev–Trinajstić information content (AvgIpc) is 2.83. The number of benzene rings is 3. The second-order valence-electron chi connectivity index (χ2n) is 7.76. The smallest absolute Gasteiger partial charge is 0.244 e. The zero-order valence-corrected chi connectivity index (χ0v) is 18.9. The standard InChI is InChI=1S/C25H26N2O4S/c1-3-18-7-6-10-21(15-18)26-25(28)24-16-19-8-4-5-9-20(19)17-27(24)32(29,30)23-13-11-22(31-2)12-14-23/h4-15,24H,3,16-17H2,1-2H3,(H,26,28)/t24-/m0/s1. The Morgan fingerprint density at radius 3 is 2.44 bits per heavy atom. The monoisotopic (exact) mass is 450 g/mol. The van der Waals surface area contributed by atoms with Crippen molar-refractivity contribution in [2.75, 3.05) is 12.4 Å². The lowest BCUT2D eigenvalue weighted by atomic mass is 9.95. The van der Waals surface area contributed by atoms with Crippen molar-refractivity contribution in [2.45, 2.75) is 37.2 Å². The minimum absolute atomic E-state index is 0.128. The van der Waals surface area contributed by atoms with Gasteiger partial charge in [0.2, 0.25) is 15.9 Å². The van der Waals surface area contributed by atoms with E-state index in [1.54, 1.807) is 12.1 Å². The molecule has 0 spiro atoms. The highest BCUT2D eigenvalue weighted by atomic mass is 32.2. The van der Waals surface area contributed by atoms with Crippen LogP contribution in [0.5, 0.6) is 5.75 Å². The summed E-state index contributed by atoms with van der Waals surface area (Å²) in [5, 5.41) is 2.92. The molecular formula is C25H26N2O4S. The zero-order chi connectivity index (χ0) is 22.7. The summed E-state index contributed by atoms with van der Waals surface area (Å²) in [7, 11) is -2.39. The number of hydrogen-bond donors (Lipinski definition) is 1. The first-order chi connectivity index (χ1) is 15.4. The van der Waals surface area contributed by atoms with Gasteiger partial charge in [-0.2, -0.15) is 4.31 Å². The minimum Gasteiger partial charge on any atom is -0.497 e. The topological polar surface area (TPSA) is 75.7 Å². The van der Waals surface area contributed by atoms with Crippen LogP contribution in [-0.4, -0.2) is 31.8 Å². The number of anilines is 1. The summed E-state index contributed by atoms with van der Waals surface area (Å²) in [5.41, 5.74) is 3.65. The van der Waals surface area contributed by atoms with Crippen LogP contribution in [0.4, 0.5) is 5.69 Å². The van der Waals surface area contributed by atoms with E-state index >= 15 is 0 Å². The van der Waals surface area contributed by atoms with Crippen LogP contribution in [0.1, 0.15) is 23.6 Å². The number of aryl methyl sites for hydroxylation is 1. The predicted octanol–water partition coefficient (Wildman–Crippen LogP) is 4.01. The number of carbonyl (C=O) groups is 1. The normalized spacial score (nSPS) is 16.2. The van der Waals surface area contributed by atoms with E-state index in [1.807, 2.05) is 55.5 Å². The van der Waals surface area contributed by atoms with Crippen molar-refractivity contribution in [1.82, 2.24) is 4.31 Å². The molecule has 1 aliphatic heterocycles. The highest BCUT2D eigenvalue weighted by Gasteiger charge is 2.39. The van der Waals surface area contributed by atoms with Crippen molar-refractivity contribution in [3.8, 4) is 5.75 Å². The van der Waals surface area contributed by atoms with Gasteiger partial charge in [0, 0.05) is 12.2 Å². The number of methoxy groups -OCH3 is 1. The summed E-state index contributed by atoms with van der Waals surface area (Å²) in [5.74, 6) is 0.225. The Kier molecular flexibility index (Phi) is 6.30. The van der Waals surface area contributed by atoms with Crippen molar-refractivity contribution >= 4 is 21.6 Å². The van der Waals surface area contributed by atoms with Gasteiger partial charge < -0.3 is 10.1 Å². The molecule has 0 saturated carbocycles. The number of hydrogen-bond acceptors (Lipinski definition) is 4. The largest absolute Gasteiger partial charge is 0.497 e. The Hall–Kier alpha value is -3.16.